The normalized spacial score (nSPS) is 18.1. The van der Waals surface area contributed by atoms with E-state index in [-0.39, 0.29) is 137 Å². The second kappa shape index (κ2) is 36.2. The summed E-state index contributed by atoms with van der Waals surface area (Å²) >= 11 is 0. The first-order valence-electron chi connectivity index (χ1n) is 22.4. The largest absolute Gasteiger partial charge is 0.364 e. The Morgan fingerprint density at radius 3 is 0.773 bits per heavy atom. The molecule has 1 aromatic rings. The van der Waals surface area contributed by atoms with E-state index in [0.29, 0.717) is 17.8 Å². The number of nitrogens with one attached hydrogen (secondary N) is 4. The average Bonchev–Trinajstić information content (AvgIpc) is 4.08. The highest BCUT2D eigenvalue weighted by atomic mass is 16.5. The number of nitrogens with zero attached hydrogens (tertiary/aromatic N) is 12. The second-order valence-corrected chi connectivity index (χ2v) is 15.5. The molecule has 0 aliphatic carbocycles. The Bertz CT molecular complexity index is 1590. The van der Waals surface area contributed by atoms with Gasteiger partial charge in [0.2, 0.25) is 17.8 Å². The van der Waals surface area contributed by atoms with E-state index in [0.717, 1.165) is 0 Å². The van der Waals surface area contributed by atoms with Crippen LogP contribution in [-0.2, 0) is 66.3 Å². The predicted molar refractivity (Wildman–Crippen MR) is 259 cm³/mol. The molecule has 0 unspecified atom stereocenters. The number of methoxy groups -OCH3 is 14. The van der Waals surface area contributed by atoms with Gasteiger partial charge in [0.25, 0.3) is 0 Å². The number of rotatable bonds is 31. The predicted octanol–water partition coefficient (Wildman–Crippen LogP) is -2.17. The maximum absolute atomic E-state index is 12.6. The molecule has 0 atom stereocenters. The van der Waals surface area contributed by atoms with Crippen molar-refractivity contribution in [3.05, 3.63) is 0 Å². The zero-order valence-electron chi connectivity index (χ0n) is 45.3. The van der Waals surface area contributed by atoms with Crippen LogP contribution in [0.3, 0.4) is 0 Å². The quantitative estimate of drug-likeness (QED) is 0.0575. The number of hydrogen-bond donors (Lipinski definition) is 4. The molecule has 5 heterocycles. The van der Waals surface area contributed by atoms with Gasteiger partial charge >= 0.3 is 30.2 Å². The number of ether oxygens (including phenoxy) is 14. The maximum Gasteiger partial charge on any atom is 0.327 e. The van der Waals surface area contributed by atoms with Crippen LogP contribution >= 0.6 is 0 Å². The molecule has 1 aromatic heterocycles. The van der Waals surface area contributed by atoms with Crippen molar-refractivity contribution in [2.24, 2.45) is 0 Å². The van der Waals surface area contributed by atoms with Gasteiger partial charge in [0, 0.05) is 99.5 Å². The Morgan fingerprint density at radius 2 is 0.587 bits per heavy atom. The minimum absolute atomic E-state index is 0.0640. The van der Waals surface area contributed by atoms with Crippen molar-refractivity contribution in [3.63, 3.8) is 0 Å². The van der Waals surface area contributed by atoms with Crippen LogP contribution in [0.5, 0.6) is 0 Å². The van der Waals surface area contributed by atoms with Crippen LogP contribution in [0.1, 0.15) is 0 Å². The van der Waals surface area contributed by atoms with E-state index in [4.69, 9.17) is 66.3 Å². The molecule has 75 heavy (non-hydrogen) atoms. The summed E-state index contributed by atoms with van der Waals surface area (Å²) in [5, 5.41) is 10.0. The summed E-state index contributed by atoms with van der Waals surface area (Å²) in [5.74, 6) is 1.11. The summed E-state index contributed by atoms with van der Waals surface area (Å²) in [6, 6.07) is -1.33. The van der Waals surface area contributed by atoms with E-state index in [1.54, 1.807) is 57.4 Å². The Hall–Kier alpha value is -5.80. The van der Waals surface area contributed by atoms with Crippen molar-refractivity contribution in [2.75, 3.05) is 208 Å². The molecule has 4 saturated heterocycles. The molecule has 4 aliphatic heterocycles. The third-order valence-corrected chi connectivity index (χ3v) is 9.92. The van der Waals surface area contributed by atoms with Crippen molar-refractivity contribution in [1.29, 1.82) is 0 Å². The molecule has 4 fully saturated rings. The summed E-state index contributed by atoms with van der Waals surface area (Å²) < 4.78 is 71.3. The lowest BCUT2D eigenvalue weighted by atomic mass is 10.3. The van der Waals surface area contributed by atoms with Crippen LogP contribution in [-0.4, -0.2) is 293 Å². The Balaban J connectivity index is 0.000000360. The fourth-order valence-electron chi connectivity index (χ4n) is 7.18. The zero-order chi connectivity index (χ0) is 55.9. The van der Waals surface area contributed by atoms with Gasteiger partial charge in [-0.15, -0.1) is 0 Å². The first-order valence-corrected chi connectivity index (χ1v) is 22.4. The van der Waals surface area contributed by atoms with Crippen LogP contribution in [0.15, 0.2) is 0 Å². The lowest BCUT2D eigenvalue weighted by Gasteiger charge is -2.28. The molecule has 35 heteroatoms. The van der Waals surface area contributed by atoms with Crippen molar-refractivity contribution >= 4 is 48.0 Å². The first-order chi connectivity index (χ1) is 36.2. The summed E-state index contributed by atoms with van der Waals surface area (Å²) in [4.78, 5) is 85.5. The summed E-state index contributed by atoms with van der Waals surface area (Å²) in [6.45, 7) is 2.27. The van der Waals surface area contributed by atoms with Gasteiger partial charge < -0.3 is 87.6 Å². The number of fused-ring (bicyclic) bond motifs is 2. The number of hydrogen-bond acceptors (Lipinski definition) is 25. The fourth-order valence-corrected chi connectivity index (χ4v) is 7.18. The smallest absolute Gasteiger partial charge is 0.327 e. The van der Waals surface area contributed by atoms with E-state index < -0.39 is 12.3 Å². The minimum Gasteiger partial charge on any atom is -0.364 e. The molecule has 0 saturated carbocycles. The van der Waals surface area contributed by atoms with Gasteiger partial charge in [-0.25, -0.2) is 24.0 Å². The number of carbonyl (C=O) groups is 5. The fraction of sp³-hybridized carbons (Fsp3) is 0.800. The van der Waals surface area contributed by atoms with Crippen molar-refractivity contribution < 1.29 is 90.3 Å². The molecule has 432 valence electrons. The van der Waals surface area contributed by atoms with Crippen LogP contribution < -0.4 is 36.0 Å². The molecule has 35 nitrogen and oxygen atoms in total. The molecule has 0 radical (unpaired) electrons. The van der Waals surface area contributed by atoms with Gasteiger partial charge in [-0.1, -0.05) is 0 Å². The average molecular weight is 1090 g/mol. The Labute approximate surface area is 436 Å². The van der Waals surface area contributed by atoms with Crippen LogP contribution in [0.25, 0.3) is 0 Å². The standard InChI is InChI=1S/C15H30N6O6.C12H22N4O6.C9H20N2O5.C4H6N4O2/c1-22-7-19(8-23-2)13-16-14(20(9-24-3)10-25-4)18-15(17-13)21(11-26-5)12-27-6;1-19-5-13-9-10(15(7-21-3)11(13)17)16(8-22-4)12(18)14(9)6-20-2;1-13-5-10(6-14-2)9(12)11(7-15-3)8-16-4;9-3-5-1-2(7-3)8-4(10)6-1/h7-12H2,1-6H3;9-10H,5-8H2,1-4H3;5-8H2,1-4H3;1-2H,(H2,5,7,9)(H2,6,8,10). The molecule has 5 rings (SSSR count). The van der Waals surface area contributed by atoms with E-state index in [1.807, 2.05) is 0 Å². The Kier molecular flexibility index (Phi) is 31.6. The summed E-state index contributed by atoms with van der Waals surface area (Å²) in [5.41, 5.74) is 0. The highest BCUT2D eigenvalue weighted by molar-refractivity contribution is 5.85. The van der Waals surface area contributed by atoms with E-state index >= 15 is 0 Å². The molecule has 0 aromatic carbocycles. The van der Waals surface area contributed by atoms with E-state index in [9.17, 15) is 24.0 Å². The third kappa shape index (κ3) is 19.4. The minimum atomic E-state index is -0.523. The number of aromatic nitrogens is 3. The topological polar surface area (TPSA) is 331 Å². The lowest BCUT2D eigenvalue weighted by molar-refractivity contribution is -0.0338. The molecule has 4 aliphatic rings. The summed E-state index contributed by atoms with van der Waals surface area (Å²) in [7, 11) is 21.5. The highest BCUT2D eigenvalue weighted by Gasteiger charge is 2.59. The number of urea groups is 5. The van der Waals surface area contributed by atoms with Crippen LogP contribution in [0, 0.1) is 0 Å². The number of carbonyl (C=O) groups excluding carboxylic acids is 5. The van der Waals surface area contributed by atoms with Gasteiger partial charge in [-0.3, -0.25) is 44.1 Å². The monoisotopic (exact) mass is 1090 g/mol. The molecule has 4 N–H and O–H groups in total. The van der Waals surface area contributed by atoms with Crippen molar-refractivity contribution in [3.8, 4) is 0 Å². The molecular weight excluding hydrogens is 1010 g/mol. The Morgan fingerprint density at radius 1 is 0.373 bits per heavy atom. The second-order valence-electron chi connectivity index (χ2n) is 15.5. The van der Waals surface area contributed by atoms with Gasteiger partial charge in [0.1, 0.15) is 107 Å². The van der Waals surface area contributed by atoms with Gasteiger partial charge in [0.15, 0.2) is 12.3 Å². The maximum atomic E-state index is 12.6. The zero-order valence-corrected chi connectivity index (χ0v) is 45.3. The van der Waals surface area contributed by atoms with Gasteiger partial charge in [-0.2, -0.15) is 15.0 Å². The van der Waals surface area contributed by atoms with E-state index in [1.165, 1.54) is 86.3 Å². The molecule has 0 spiro atoms. The SMILES string of the molecule is COCN(COC)C(=O)N(COC)COC.COCN(COC)c1nc(N(COC)COC)nc(N(COC)COC)n1.COCN1C(=O)N(COC)C2C1N(COC)C(=O)N2COC.O=C1NC2NC(=O)NC2N1. The highest BCUT2D eigenvalue weighted by Crippen LogP contribution is 2.34. The third-order valence-electron chi connectivity index (χ3n) is 9.92. The van der Waals surface area contributed by atoms with Gasteiger partial charge in [-0.05, 0) is 0 Å². The van der Waals surface area contributed by atoms with E-state index in [2.05, 4.69) is 36.2 Å². The van der Waals surface area contributed by atoms with Crippen LogP contribution in [0.2, 0.25) is 0 Å². The van der Waals surface area contributed by atoms with Gasteiger partial charge in [0.05, 0.1) is 0 Å². The first kappa shape index (κ1) is 65.3. The molecule has 0 bridgehead atoms. The lowest BCUT2D eigenvalue weighted by Crippen LogP contribution is -2.48. The van der Waals surface area contributed by atoms with Crippen molar-refractivity contribution in [1.82, 2.24) is 65.6 Å². The van der Waals surface area contributed by atoms with Crippen LogP contribution in [0.4, 0.5) is 41.8 Å². The number of anilines is 3. The summed E-state index contributed by atoms with van der Waals surface area (Å²) in [6.07, 6.45) is -1.63. The van der Waals surface area contributed by atoms with Crippen molar-refractivity contribution in [2.45, 2.75) is 24.7 Å². The molecular formula is C40H78N16O19. The molecule has 10 amide bonds. The number of amides is 10.